The van der Waals surface area contributed by atoms with E-state index in [0.29, 0.717) is 48.5 Å². The Morgan fingerprint density at radius 3 is 2.21 bits per heavy atom. The summed E-state index contributed by atoms with van der Waals surface area (Å²) in [6.07, 6.45) is 10.7. The van der Waals surface area contributed by atoms with Gasteiger partial charge in [-0.25, -0.2) is 19.0 Å². The van der Waals surface area contributed by atoms with Crippen molar-refractivity contribution in [1.82, 2.24) is 29.3 Å². The molecule has 1 aliphatic carbocycles. The molecule has 15 nitrogen and oxygen atoms in total. The van der Waals surface area contributed by atoms with E-state index in [2.05, 4.69) is 10.8 Å². The zero-order valence-electron chi connectivity index (χ0n) is 36.0. The smallest absolute Gasteiger partial charge is 0.410 e. The predicted octanol–water partition coefficient (Wildman–Crippen LogP) is 7.41. The van der Waals surface area contributed by atoms with Gasteiger partial charge in [-0.15, -0.1) is 6.42 Å². The van der Waals surface area contributed by atoms with Crippen molar-refractivity contribution in [3.63, 3.8) is 0 Å². The van der Waals surface area contributed by atoms with Gasteiger partial charge >= 0.3 is 18.2 Å². The van der Waals surface area contributed by atoms with Crippen LogP contribution in [0.1, 0.15) is 114 Å². The Kier molecular flexibility index (Phi) is 11.2. The van der Waals surface area contributed by atoms with Crippen LogP contribution in [-0.4, -0.2) is 117 Å². The summed E-state index contributed by atoms with van der Waals surface area (Å²) >= 11 is 0. The Hall–Kier alpha value is -5.69. The van der Waals surface area contributed by atoms with Crippen LogP contribution >= 0.6 is 0 Å². The summed E-state index contributed by atoms with van der Waals surface area (Å²) < 4.78 is 46.1. The maximum Gasteiger partial charge on any atom is 0.410 e. The van der Waals surface area contributed by atoms with Gasteiger partial charge in [0, 0.05) is 43.7 Å². The number of amides is 2. The maximum absolute atomic E-state index is 15.3. The number of piperazine rings is 1. The van der Waals surface area contributed by atoms with Gasteiger partial charge in [-0.3, -0.25) is 9.69 Å². The average Bonchev–Trinajstić information content (AvgIpc) is 3.87. The Labute approximate surface area is 354 Å². The Morgan fingerprint density at radius 2 is 1.57 bits per heavy atom. The number of aromatic nitrogens is 4. The SMILES string of the molecule is C#Cc1c(F)ccc2cc(OCOC)cc(C(=O)c3nc4nc(OC[C@@H]5CCCN5C(=O)OC(C)(C)C)nc(N5CC6CCC(C5)N6C(=O)OC(C)(C)C)c4n3C3CCC3)c12. The van der Waals surface area contributed by atoms with Gasteiger partial charge in [0.1, 0.15) is 34.9 Å². The van der Waals surface area contributed by atoms with Gasteiger partial charge in [0.15, 0.2) is 24.1 Å². The van der Waals surface area contributed by atoms with Crippen molar-refractivity contribution in [1.29, 1.82) is 0 Å². The van der Waals surface area contributed by atoms with E-state index in [4.69, 9.17) is 45.1 Å². The number of hydrogen-bond acceptors (Lipinski definition) is 12. The third kappa shape index (κ3) is 8.36. The second-order valence-corrected chi connectivity index (χ2v) is 18.4. The molecule has 2 amide bonds. The molecule has 61 heavy (non-hydrogen) atoms. The zero-order chi connectivity index (χ0) is 43.4. The third-order valence-electron chi connectivity index (χ3n) is 11.7. The van der Waals surface area contributed by atoms with Crippen LogP contribution in [0, 0.1) is 18.2 Å². The molecule has 3 aliphatic heterocycles. The highest BCUT2D eigenvalue weighted by Crippen LogP contribution is 2.42. The number of methoxy groups -OCH3 is 1. The minimum Gasteiger partial charge on any atom is -0.468 e. The van der Waals surface area contributed by atoms with E-state index in [1.807, 2.05) is 51.0 Å². The lowest BCUT2D eigenvalue weighted by atomic mass is 9.91. The number of hydrogen-bond donors (Lipinski definition) is 0. The summed E-state index contributed by atoms with van der Waals surface area (Å²) in [5, 5.41) is 0.778. The molecule has 2 aromatic carbocycles. The number of ketones is 1. The number of rotatable bonds is 10. The number of carbonyl (C=O) groups excluding carboxylic acids is 3. The number of benzene rings is 2. The van der Waals surface area contributed by atoms with Gasteiger partial charge in [0.25, 0.3) is 0 Å². The molecule has 0 N–H and O–H groups in total. The van der Waals surface area contributed by atoms with Crippen molar-refractivity contribution >= 4 is 45.7 Å². The quantitative estimate of drug-likeness (QED) is 0.0889. The second-order valence-electron chi connectivity index (χ2n) is 18.4. The van der Waals surface area contributed by atoms with E-state index >= 15 is 9.18 Å². The van der Waals surface area contributed by atoms with E-state index < -0.39 is 28.9 Å². The van der Waals surface area contributed by atoms with E-state index in [0.717, 1.165) is 38.5 Å². The third-order valence-corrected chi connectivity index (χ3v) is 11.7. The van der Waals surface area contributed by atoms with Crippen LogP contribution in [0.15, 0.2) is 24.3 Å². The van der Waals surface area contributed by atoms with Gasteiger partial charge in [-0.2, -0.15) is 9.97 Å². The average molecular weight is 840 g/mol. The van der Waals surface area contributed by atoms with Crippen LogP contribution in [0.5, 0.6) is 11.8 Å². The summed E-state index contributed by atoms with van der Waals surface area (Å²) in [6, 6.07) is 5.41. The minimum absolute atomic E-state index is 0.0369. The van der Waals surface area contributed by atoms with Gasteiger partial charge in [0.05, 0.1) is 23.7 Å². The first-order valence-corrected chi connectivity index (χ1v) is 21.1. The molecule has 5 heterocycles. The lowest BCUT2D eigenvalue weighted by Crippen LogP contribution is -2.57. The molecule has 1 saturated carbocycles. The molecular weight excluding hydrogens is 786 g/mol. The topological polar surface area (TPSA) is 151 Å². The van der Waals surface area contributed by atoms with Gasteiger partial charge in [-0.05, 0) is 110 Å². The van der Waals surface area contributed by atoms with Crippen molar-refractivity contribution in [2.24, 2.45) is 0 Å². The standard InChI is InChI=1S/C45H54FN7O8/c1-9-32-34(46)18-15-26-20-31(59-25-57-8)21-33(35(26)32)37(54)40-47-38-36(53(40)27-12-10-13-27)39(50-22-28-16-17-29(23-50)52(28)43(56)61-45(5,6)7)49-41(48-38)58-24-30-14-11-19-51(30)42(55)60-44(2,3)4/h1,15,18,20-21,27-30H,10-14,16-17,19,22-25H2,2-8H3/t28?,29?,30-/m0/s1. The molecule has 2 bridgehead atoms. The van der Waals surface area contributed by atoms with E-state index in [1.54, 1.807) is 23.1 Å². The second kappa shape index (κ2) is 16.3. The molecule has 0 radical (unpaired) electrons. The first kappa shape index (κ1) is 42.0. The summed E-state index contributed by atoms with van der Waals surface area (Å²) in [5.74, 6) is 2.27. The molecule has 324 valence electrons. The number of carbonyl (C=O) groups is 3. The van der Waals surface area contributed by atoms with Crippen molar-refractivity contribution in [3.05, 3.63) is 47.0 Å². The summed E-state index contributed by atoms with van der Waals surface area (Å²) in [7, 11) is 1.49. The van der Waals surface area contributed by atoms with Gasteiger partial charge in [0.2, 0.25) is 5.78 Å². The van der Waals surface area contributed by atoms with Crippen LogP contribution in [0.4, 0.5) is 19.8 Å². The number of likely N-dealkylation sites (tertiary alicyclic amines) is 1. The molecule has 2 aromatic heterocycles. The molecule has 8 rings (SSSR count). The highest BCUT2D eigenvalue weighted by Gasteiger charge is 2.46. The monoisotopic (exact) mass is 839 g/mol. The lowest BCUT2D eigenvalue weighted by molar-refractivity contribution is 0.0121. The first-order valence-electron chi connectivity index (χ1n) is 21.1. The zero-order valence-corrected chi connectivity index (χ0v) is 36.0. The summed E-state index contributed by atoms with van der Waals surface area (Å²) in [4.78, 5) is 62.3. The molecule has 3 atom stereocenters. The molecular formula is C45H54FN7O8. The fourth-order valence-corrected chi connectivity index (χ4v) is 8.90. The number of halogens is 1. The molecule has 0 spiro atoms. The van der Waals surface area contributed by atoms with Gasteiger partial charge in [-0.1, -0.05) is 12.0 Å². The van der Waals surface area contributed by atoms with Gasteiger partial charge < -0.3 is 38.1 Å². The van der Waals surface area contributed by atoms with Crippen molar-refractivity contribution in [2.75, 3.05) is 45.0 Å². The molecule has 16 heteroatoms. The molecule has 4 fully saturated rings. The van der Waals surface area contributed by atoms with Crippen LogP contribution in [0.25, 0.3) is 21.9 Å². The fraction of sp³-hybridized carbons (Fsp3) is 0.556. The van der Waals surface area contributed by atoms with E-state index in [1.165, 1.54) is 13.2 Å². The van der Waals surface area contributed by atoms with E-state index in [-0.39, 0.29) is 77.7 Å². The molecule has 4 aliphatic rings. The number of terminal acetylenes is 1. The summed E-state index contributed by atoms with van der Waals surface area (Å²) in [6.45, 7) is 12.5. The van der Waals surface area contributed by atoms with Crippen molar-refractivity contribution in [2.45, 2.75) is 122 Å². The lowest BCUT2D eigenvalue weighted by Gasteiger charge is -2.42. The number of nitrogens with zero attached hydrogens (tertiary/aromatic N) is 7. The van der Waals surface area contributed by atoms with Crippen LogP contribution in [0.2, 0.25) is 0 Å². The van der Waals surface area contributed by atoms with E-state index in [9.17, 15) is 9.59 Å². The number of fused-ring (bicyclic) bond motifs is 4. The van der Waals surface area contributed by atoms with Crippen molar-refractivity contribution in [3.8, 4) is 24.1 Å². The normalized spacial score (nSPS) is 20.5. The molecule has 3 saturated heterocycles. The first-order chi connectivity index (χ1) is 29.0. The molecule has 2 unspecified atom stereocenters. The maximum atomic E-state index is 15.3. The largest absolute Gasteiger partial charge is 0.468 e. The Bertz CT molecular complexity index is 2400. The summed E-state index contributed by atoms with van der Waals surface area (Å²) in [5.41, 5.74) is -0.440. The van der Waals surface area contributed by atoms with Crippen LogP contribution in [0.3, 0.4) is 0 Å². The van der Waals surface area contributed by atoms with Crippen LogP contribution < -0.4 is 14.4 Å². The number of imidazole rings is 1. The highest BCUT2D eigenvalue weighted by molar-refractivity contribution is 6.17. The van der Waals surface area contributed by atoms with Crippen molar-refractivity contribution < 1.29 is 42.5 Å². The Morgan fingerprint density at radius 1 is 0.869 bits per heavy atom. The predicted molar refractivity (Wildman–Crippen MR) is 225 cm³/mol. The number of ether oxygens (including phenoxy) is 5. The van der Waals surface area contributed by atoms with Crippen LogP contribution in [-0.2, 0) is 14.2 Å². The fourth-order valence-electron chi connectivity index (χ4n) is 8.90. The molecule has 4 aromatic rings. The number of anilines is 1. The Balaban J connectivity index is 1.24. The highest BCUT2D eigenvalue weighted by atomic mass is 19.1. The minimum atomic E-state index is -0.656.